The van der Waals surface area contributed by atoms with Crippen LogP contribution < -0.4 is 0 Å². The van der Waals surface area contributed by atoms with E-state index in [9.17, 15) is 14.4 Å². The fourth-order valence-electron chi connectivity index (χ4n) is 4.45. The zero-order valence-electron chi connectivity index (χ0n) is 15.6. The van der Waals surface area contributed by atoms with E-state index in [0.29, 0.717) is 15.8 Å². The van der Waals surface area contributed by atoms with Gasteiger partial charge in [-0.25, -0.2) is 0 Å². The zero-order valence-corrected chi connectivity index (χ0v) is 17.8. The molecular weight excluding hydrogens is 430 g/mol. The topological polar surface area (TPSA) is 44.1 Å². The lowest BCUT2D eigenvalue weighted by Gasteiger charge is -2.45. The molecule has 0 N–H and O–H groups in total. The molecule has 0 spiro atoms. The number of alkyl halides is 2. The molecule has 0 aromatic heterocycles. The summed E-state index contributed by atoms with van der Waals surface area (Å²) in [5.41, 5.74) is -0.685. The Kier molecular flexibility index (Phi) is 7.30. The molecule has 1 amide bonds. The highest BCUT2D eigenvalue weighted by Gasteiger charge is 2.41. The van der Waals surface area contributed by atoms with Crippen molar-refractivity contribution in [3.63, 3.8) is 0 Å². The summed E-state index contributed by atoms with van der Waals surface area (Å²) in [6.45, 7) is 5.71. The van der Waals surface area contributed by atoms with Crippen LogP contribution in [0, 0.1) is 28.6 Å². The number of halogens is 2. The maximum atomic E-state index is 13.1. The molecule has 0 radical (unpaired) electrons. The van der Waals surface area contributed by atoms with Crippen molar-refractivity contribution in [3.8, 4) is 6.07 Å². The number of piperidine rings is 1. The van der Waals surface area contributed by atoms with Gasteiger partial charge in [0, 0.05) is 21.9 Å². The van der Waals surface area contributed by atoms with Crippen LogP contribution in [0.25, 0.3) is 0 Å². The SMILES string of the molecule is CCC1C2CC(I)CCCC2CCN1C(=O)/C(C#N)=C/C(C)(C)CF. The molecule has 0 aromatic rings. The van der Waals surface area contributed by atoms with Gasteiger partial charge in [0.25, 0.3) is 5.91 Å². The van der Waals surface area contributed by atoms with Crippen molar-refractivity contribution in [3.05, 3.63) is 11.6 Å². The van der Waals surface area contributed by atoms with Gasteiger partial charge in [-0.05, 0) is 37.5 Å². The monoisotopic (exact) mass is 460 g/mol. The van der Waals surface area contributed by atoms with Crippen LogP contribution in [0.5, 0.6) is 0 Å². The minimum absolute atomic E-state index is 0.0965. The van der Waals surface area contributed by atoms with E-state index in [1.165, 1.54) is 25.3 Å². The van der Waals surface area contributed by atoms with Crippen molar-refractivity contribution in [1.29, 1.82) is 5.26 Å². The fourth-order valence-corrected chi connectivity index (χ4v) is 5.48. The standard InChI is InChI=1S/C20H30FIN2O/c1-4-18-17-10-16(22)7-5-6-14(17)8-9-24(18)19(25)15(12-23)11-20(2,3)13-21/h11,14,16-18H,4-10,13H2,1-3H3/b15-11+. The van der Waals surface area contributed by atoms with E-state index in [4.69, 9.17) is 0 Å². The summed E-state index contributed by atoms with van der Waals surface area (Å²) in [5.74, 6) is 1.02. The van der Waals surface area contributed by atoms with Crippen molar-refractivity contribution in [2.24, 2.45) is 17.3 Å². The van der Waals surface area contributed by atoms with Crippen LogP contribution in [-0.2, 0) is 4.79 Å². The Labute approximate surface area is 165 Å². The van der Waals surface area contributed by atoms with Crippen molar-refractivity contribution in [2.45, 2.75) is 69.3 Å². The quantitative estimate of drug-likeness (QED) is 0.255. The second kappa shape index (κ2) is 8.83. The van der Waals surface area contributed by atoms with Crippen molar-refractivity contribution >= 4 is 28.5 Å². The van der Waals surface area contributed by atoms with Gasteiger partial charge in [0.05, 0.1) is 6.67 Å². The Hall–Kier alpha value is -0.640. The molecule has 5 heteroatoms. The molecule has 1 saturated carbocycles. The molecule has 3 nitrogen and oxygen atoms in total. The third-order valence-electron chi connectivity index (χ3n) is 5.77. The molecule has 4 unspecified atom stereocenters. The average molecular weight is 460 g/mol. The van der Waals surface area contributed by atoms with Crippen LogP contribution >= 0.6 is 22.6 Å². The number of hydrogen-bond donors (Lipinski definition) is 0. The summed E-state index contributed by atoms with van der Waals surface area (Å²) < 4.78 is 13.8. The van der Waals surface area contributed by atoms with E-state index in [1.54, 1.807) is 13.8 Å². The van der Waals surface area contributed by atoms with E-state index in [1.807, 2.05) is 11.0 Å². The predicted molar refractivity (Wildman–Crippen MR) is 107 cm³/mol. The maximum absolute atomic E-state index is 13.1. The normalized spacial score (nSPS) is 31.0. The van der Waals surface area contributed by atoms with Gasteiger partial charge in [-0.15, -0.1) is 0 Å². The first-order valence-electron chi connectivity index (χ1n) is 9.47. The Morgan fingerprint density at radius 2 is 2.12 bits per heavy atom. The van der Waals surface area contributed by atoms with E-state index in [0.717, 1.165) is 25.8 Å². The van der Waals surface area contributed by atoms with Crippen LogP contribution in [0.1, 0.15) is 59.3 Å². The number of allylic oxidation sites excluding steroid dienone is 1. The summed E-state index contributed by atoms with van der Waals surface area (Å²) in [6, 6.07) is 2.23. The Bertz CT molecular complexity index is 554. The molecule has 4 atom stereocenters. The van der Waals surface area contributed by atoms with E-state index >= 15 is 0 Å². The predicted octanol–water partition coefficient (Wildman–Crippen LogP) is 5.05. The summed E-state index contributed by atoms with van der Waals surface area (Å²) in [6.07, 6.45) is 8.44. The summed E-state index contributed by atoms with van der Waals surface area (Å²) in [5, 5.41) is 9.47. The lowest BCUT2D eigenvalue weighted by Crippen LogP contribution is -2.52. The zero-order chi connectivity index (χ0) is 18.6. The molecule has 1 aliphatic carbocycles. The van der Waals surface area contributed by atoms with Crippen LogP contribution in [0.4, 0.5) is 4.39 Å². The van der Waals surface area contributed by atoms with Gasteiger partial charge in [-0.3, -0.25) is 9.18 Å². The first-order chi connectivity index (χ1) is 11.8. The lowest BCUT2D eigenvalue weighted by atomic mass is 9.75. The van der Waals surface area contributed by atoms with Gasteiger partial charge in [0.2, 0.25) is 0 Å². The number of carbonyl (C=O) groups excluding carboxylic acids is 1. The highest BCUT2D eigenvalue weighted by molar-refractivity contribution is 14.1. The third-order valence-corrected chi connectivity index (χ3v) is 6.90. The molecule has 1 aliphatic heterocycles. The third kappa shape index (κ3) is 4.96. The molecule has 140 valence electrons. The largest absolute Gasteiger partial charge is 0.335 e. The number of fused-ring (bicyclic) bond motifs is 1. The number of likely N-dealkylation sites (tertiary alicyclic amines) is 1. The number of amides is 1. The lowest BCUT2D eigenvalue weighted by molar-refractivity contribution is -0.133. The molecule has 2 fully saturated rings. The van der Waals surface area contributed by atoms with Crippen LogP contribution in [0.3, 0.4) is 0 Å². The number of rotatable bonds is 4. The van der Waals surface area contributed by atoms with Gasteiger partial charge in [0.1, 0.15) is 11.6 Å². The molecule has 2 rings (SSSR count). The number of nitriles is 1. The molecule has 2 aliphatic rings. The van der Waals surface area contributed by atoms with E-state index in [2.05, 4.69) is 29.5 Å². The minimum Gasteiger partial charge on any atom is -0.335 e. The van der Waals surface area contributed by atoms with Gasteiger partial charge in [-0.1, -0.05) is 62.3 Å². The summed E-state index contributed by atoms with van der Waals surface area (Å²) >= 11 is 2.56. The molecule has 1 saturated heterocycles. The van der Waals surface area contributed by atoms with Crippen LogP contribution in [-0.4, -0.2) is 34.0 Å². The molecule has 1 heterocycles. The first kappa shape index (κ1) is 20.7. The van der Waals surface area contributed by atoms with Gasteiger partial charge in [0.15, 0.2) is 0 Å². The molecule has 0 bridgehead atoms. The average Bonchev–Trinajstić information content (AvgIpc) is 2.78. The van der Waals surface area contributed by atoms with Crippen LogP contribution in [0.2, 0.25) is 0 Å². The van der Waals surface area contributed by atoms with Crippen molar-refractivity contribution < 1.29 is 9.18 Å². The molecule has 0 aromatic carbocycles. The van der Waals surface area contributed by atoms with E-state index in [-0.39, 0.29) is 17.5 Å². The summed E-state index contributed by atoms with van der Waals surface area (Å²) in [7, 11) is 0. The van der Waals surface area contributed by atoms with E-state index < -0.39 is 12.1 Å². The number of carbonyl (C=O) groups is 1. The van der Waals surface area contributed by atoms with Crippen LogP contribution in [0.15, 0.2) is 11.6 Å². The summed E-state index contributed by atoms with van der Waals surface area (Å²) in [4.78, 5) is 15.0. The van der Waals surface area contributed by atoms with Gasteiger partial charge in [-0.2, -0.15) is 5.26 Å². The second-order valence-corrected chi connectivity index (χ2v) is 10.0. The van der Waals surface area contributed by atoms with Crippen molar-refractivity contribution in [1.82, 2.24) is 4.90 Å². The molecular formula is C20H30FIN2O. The maximum Gasteiger partial charge on any atom is 0.264 e. The number of nitrogens with zero attached hydrogens (tertiary/aromatic N) is 2. The number of hydrogen-bond acceptors (Lipinski definition) is 2. The van der Waals surface area contributed by atoms with Crippen molar-refractivity contribution in [2.75, 3.05) is 13.2 Å². The highest BCUT2D eigenvalue weighted by Crippen LogP contribution is 2.42. The Balaban J connectivity index is 2.25. The second-order valence-electron chi connectivity index (χ2n) is 8.24. The smallest absolute Gasteiger partial charge is 0.264 e. The minimum atomic E-state index is -0.781. The Morgan fingerprint density at radius 3 is 2.72 bits per heavy atom. The molecule has 25 heavy (non-hydrogen) atoms. The Morgan fingerprint density at radius 1 is 1.40 bits per heavy atom. The highest BCUT2D eigenvalue weighted by atomic mass is 127. The first-order valence-corrected chi connectivity index (χ1v) is 10.7. The van der Waals surface area contributed by atoms with Gasteiger partial charge >= 0.3 is 0 Å². The fraction of sp³-hybridized carbons (Fsp3) is 0.800. The van der Waals surface area contributed by atoms with Gasteiger partial charge < -0.3 is 4.90 Å².